The number of benzene rings is 2. The quantitative estimate of drug-likeness (QED) is 0.750. The maximum atomic E-state index is 12.4. The van der Waals surface area contributed by atoms with Gasteiger partial charge in [-0.05, 0) is 30.2 Å². The van der Waals surface area contributed by atoms with E-state index >= 15 is 0 Å². The fourth-order valence-electron chi connectivity index (χ4n) is 2.87. The minimum absolute atomic E-state index is 0.0432. The molecular weight excluding hydrogens is 274 g/mol. The summed E-state index contributed by atoms with van der Waals surface area (Å²) in [5.41, 5.74) is 10.8. The van der Waals surface area contributed by atoms with Crippen LogP contribution in [0, 0.1) is 0 Å². The summed E-state index contributed by atoms with van der Waals surface area (Å²) in [5, 5.41) is 0. The summed E-state index contributed by atoms with van der Waals surface area (Å²) < 4.78 is 3.57. The van der Waals surface area contributed by atoms with Gasteiger partial charge in [-0.2, -0.15) is 0 Å². The summed E-state index contributed by atoms with van der Waals surface area (Å²) in [6, 6.07) is 13.9. The first-order valence-corrected chi connectivity index (χ1v) is 7.67. The van der Waals surface area contributed by atoms with Crippen molar-refractivity contribution >= 4 is 16.7 Å². The number of aromatic nitrogens is 2. The lowest BCUT2D eigenvalue weighted by molar-refractivity contribution is 0.615. The predicted octanol–water partition coefficient (Wildman–Crippen LogP) is 3.39. The number of para-hydroxylation sites is 1. The molecule has 0 aliphatic heterocycles. The van der Waals surface area contributed by atoms with Gasteiger partial charge in [0.2, 0.25) is 0 Å². The Kier molecular flexibility index (Phi) is 3.75. The molecule has 3 rings (SSSR count). The first kappa shape index (κ1) is 14.4. The van der Waals surface area contributed by atoms with E-state index in [1.54, 1.807) is 4.57 Å². The van der Waals surface area contributed by atoms with Crippen molar-refractivity contribution < 1.29 is 0 Å². The van der Waals surface area contributed by atoms with Gasteiger partial charge in [-0.3, -0.25) is 9.13 Å². The number of imidazole rings is 1. The maximum absolute atomic E-state index is 12.4. The standard InChI is InChI=1S/C18H21N3O/c1-3-4-11-21-16-10-9-13(12-17(16)20(2)18(21)22)14-7-5-6-8-15(14)19/h5-10,12H,3-4,11,19H2,1-2H3. The molecule has 0 saturated heterocycles. The molecule has 0 radical (unpaired) electrons. The molecule has 0 amide bonds. The zero-order valence-corrected chi connectivity index (χ0v) is 13.0. The number of rotatable bonds is 4. The first-order chi connectivity index (χ1) is 10.6. The zero-order chi connectivity index (χ0) is 15.7. The van der Waals surface area contributed by atoms with Gasteiger partial charge in [0, 0.05) is 24.8 Å². The van der Waals surface area contributed by atoms with Gasteiger partial charge < -0.3 is 5.73 Å². The second kappa shape index (κ2) is 5.72. The van der Waals surface area contributed by atoms with Crippen molar-refractivity contribution in [2.24, 2.45) is 7.05 Å². The molecule has 0 aliphatic carbocycles. The lowest BCUT2D eigenvalue weighted by atomic mass is 10.0. The van der Waals surface area contributed by atoms with Crippen LogP contribution in [-0.4, -0.2) is 9.13 Å². The van der Waals surface area contributed by atoms with Crippen molar-refractivity contribution in [2.45, 2.75) is 26.3 Å². The Morgan fingerprint density at radius 1 is 1.09 bits per heavy atom. The third kappa shape index (κ3) is 2.30. The molecule has 0 fully saturated rings. The Balaban J connectivity index is 2.17. The molecule has 114 valence electrons. The van der Waals surface area contributed by atoms with Gasteiger partial charge >= 0.3 is 5.69 Å². The summed E-state index contributed by atoms with van der Waals surface area (Å²) in [4.78, 5) is 12.4. The van der Waals surface area contributed by atoms with Gasteiger partial charge in [0.1, 0.15) is 0 Å². The Bertz CT molecular complexity index is 874. The number of nitrogens with zero attached hydrogens (tertiary/aromatic N) is 2. The summed E-state index contributed by atoms with van der Waals surface area (Å²) in [5.74, 6) is 0. The Morgan fingerprint density at radius 3 is 2.59 bits per heavy atom. The lowest BCUT2D eigenvalue weighted by Crippen LogP contribution is -2.22. The predicted molar refractivity (Wildman–Crippen MR) is 91.9 cm³/mol. The van der Waals surface area contributed by atoms with E-state index in [4.69, 9.17) is 5.73 Å². The fourth-order valence-corrected chi connectivity index (χ4v) is 2.87. The first-order valence-electron chi connectivity index (χ1n) is 7.67. The highest BCUT2D eigenvalue weighted by molar-refractivity contribution is 5.86. The van der Waals surface area contributed by atoms with Crippen LogP contribution >= 0.6 is 0 Å². The van der Waals surface area contributed by atoms with Gasteiger partial charge in [-0.25, -0.2) is 4.79 Å². The van der Waals surface area contributed by atoms with Crippen molar-refractivity contribution in [1.82, 2.24) is 9.13 Å². The SMILES string of the molecule is CCCCn1c(=O)n(C)c2cc(-c3ccccc3N)ccc21. The van der Waals surface area contributed by atoms with Gasteiger partial charge in [-0.1, -0.05) is 37.6 Å². The van der Waals surface area contributed by atoms with E-state index in [1.165, 1.54) is 0 Å². The van der Waals surface area contributed by atoms with Crippen LogP contribution in [0.3, 0.4) is 0 Å². The number of anilines is 1. The van der Waals surface area contributed by atoms with Crippen LogP contribution < -0.4 is 11.4 Å². The van der Waals surface area contributed by atoms with Crippen LogP contribution in [0.5, 0.6) is 0 Å². The molecule has 0 bridgehead atoms. The highest BCUT2D eigenvalue weighted by Crippen LogP contribution is 2.28. The number of unbranched alkanes of at least 4 members (excludes halogenated alkanes) is 1. The van der Waals surface area contributed by atoms with E-state index in [2.05, 4.69) is 6.92 Å². The van der Waals surface area contributed by atoms with Crippen molar-refractivity contribution in [3.05, 3.63) is 52.9 Å². The van der Waals surface area contributed by atoms with Crippen molar-refractivity contribution in [3.63, 3.8) is 0 Å². The molecule has 2 aromatic carbocycles. The molecule has 0 aliphatic rings. The van der Waals surface area contributed by atoms with Crippen LogP contribution in [-0.2, 0) is 13.6 Å². The van der Waals surface area contributed by atoms with Gasteiger partial charge in [-0.15, -0.1) is 0 Å². The number of hydrogen-bond donors (Lipinski definition) is 1. The smallest absolute Gasteiger partial charge is 0.328 e. The normalized spacial score (nSPS) is 11.2. The fraction of sp³-hybridized carbons (Fsp3) is 0.278. The van der Waals surface area contributed by atoms with Crippen molar-refractivity contribution in [2.75, 3.05) is 5.73 Å². The van der Waals surface area contributed by atoms with Crippen molar-refractivity contribution in [1.29, 1.82) is 0 Å². The van der Waals surface area contributed by atoms with Crippen LogP contribution in [0.15, 0.2) is 47.3 Å². The molecule has 0 saturated carbocycles. The number of nitrogens with two attached hydrogens (primary N) is 1. The molecule has 4 nitrogen and oxygen atoms in total. The molecular formula is C18H21N3O. The topological polar surface area (TPSA) is 53.0 Å². The second-order valence-electron chi connectivity index (χ2n) is 5.64. The number of nitrogen functional groups attached to an aromatic ring is 1. The van der Waals surface area contributed by atoms with Gasteiger partial charge in [0.15, 0.2) is 0 Å². The van der Waals surface area contributed by atoms with E-state index in [-0.39, 0.29) is 5.69 Å². The molecule has 22 heavy (non-hydrogen) atoms. The zero-order valence-electron chi connectivity index (χ0n) is 13.0. The number of aryl methyl sites for hydroxylation is 2. The number of hydrogen-bond acceptors (Lipinski definition) is 2. The molecule has 0 spiro atoms. The van der Waals surface area contributed by atoms with Crippen LogP contribution in [0.4, 0.5) is 5.69 Å². The van der Waals surface area contributed by atoms with E-state index in [9.17, 15) is 4.79 Å². The average Bonchev–Trinajstić information content (AvgIpc) is 2.77. The van der Waals surface area contributed by atoms with E-state index in [1.807, 2.05) is 54.1 Å². The van der Waals surface area contributed by atoms with E-state index < -0.39 is 0 Å². The molecule has 2 N–H and O–H groups in total. The Morgan fingerprint density at radius 2 is 1.86 bits per heavy atom. The second-order valence-corrected chi connectivity index (χ2v) is 5.64. The third-order valence-electron chi connectivity index (χ3n) is 4.15. The third-order valence-corrected chi connectivity index (χ3v) is 4.15. The Labute approximate surface area is 129 Å². The molecule has 1 heterocycles. The summed E-state index contributed by atoms with van der Waals surface area (Å²) in [7, 11) is 1.82. The molecule has 4 heteroatoms. The molecule has 3 aromatic rings. The highest BCUT2D eigenvalue weighted by atomic mass is 16.1. The molecule has 0 atom stereocenters. The number of fused-ring (bicyclic) bond motifs is 1. The highest BCUT2D eigenvalue weighted by Gasteiger charge is 2.12. The minimum Gasteiger partial charge on any atom is -0.398 e. The minimum atomic E-state index is 0.0432. The van der Waals surface area contributed by atoms with Gasteiger partial charge in [0.25, 0.3) is 0 Å². The van der Waals surface area contributed by atoms with E-state index in [0.717, 1.165) is 47.2 Å². The van der Waals surface area contributed by atoms with Crippen LogP contribution in [0.1, 0.15) is 19.8 Å². The molecule has 0 unspecified atom stereocenters. The van der Waals surface area contributed by atoms with Crippen molar-refractivity contribution in [3.8, 4) is 11.1 Å². The Hall–Kier alpha value is -2.49. The monoisotopic (exact) mass is 295 g/mol. The summed E-state index contributed by atoms with van der Waals surface area (Å²) in [6.45, 7) is 2.89. The van der Waals surface area contributed by atoms with Gasteiger partial charge in [0.05, 0.1) is 11.0 Å². The lowest BCUT2D eigenvalue weighted by Gasteiger charge is -2.07. The van der Waals surface area contributed by atoms with Crippen LogP contribution in [0.25, 0.3) is 22.2 Å². The maximum Gasteiger partial charge on any atom is 0.328 e. The largest absolute Gasteiger partial charge is 0.398 e. The summed E-state index contributed by atoms with van der Waals surface area (Å²) >= 11 is 0. The summed E-state index contributed by atoms with van der Waals surface area (Å²) in [6.07, 6.45) is 2.08. The van der Waals surface area contributed by atoms with E-state index in [0.29, 0.717) is 0 Å². The average molecular weight is 295 g/mol. The van der Waals surface area contributed by atoms with Crippen LogP contribution in [0.2, 0.25) is 0 Å². The molecule has 1 aromatic heterocycles.